The highest BCUT2D eigenvalue weighted by Gasteiger charge is 2.42. The minimum atomic E-state index is -5.13. The third-order valence-electron chi connectivity index (χ3n) is 4.80. The van der Waals surface area contributed by atoms with E-state index < -0.39 is 78.0 Å². The van der Waals surface area contributed by atoms with Gasteiger partial charge in [-0.15, -0.1) is 0 Å². The van der Waals surface area contributed by atoms with Gasteiger partial charge in [-0.3, -0.25) is 9.59 Å². The van der Waals surface area contributed by atoms with Crippen molar-refractivity contribution in [1.82, 2.24) is 0 Å². The predicted octanol–water partition coefficient (Wildman–Crippen LogP) is 4.45. The molecule has 0 fully saturated rings. The Morgan fingerprint density at radius 2 is 1.20 bits per heavy atom. The van der Waals surface area contributed by atoms with Gasteiger partial charge in [0.05, 0.1) is 42.1 Å². The summed E-state index contributed by atoms with van der Waals surface area (Å²) in [6.45, 7) is 0. The lowest BCUT2D eigenvalue weighted by molar-refractivity contribution is -0.151. The molecule has 7 nitrogen and oxygen atoms in total. The van der Waals surface area contributed by atoms with Gasteiger partial charge in [-0.2, -0.15) is 26.3 Å². The molecule has 2 N–H and O–H groups in total. The maximum absolute atomic E-state index is 13.5. The van der Waals surface area contributed by atoms with E-state index in [1.807, 2.05) is 0 Å². The number of hydrogen-bond acceptors (Lipinski definition) is 7. The van der Waals surface area contributed by atoms with Crippen LogP contribution in [0.25, 0.3) is 0 Å². The summed E-state index contributed by atoms with van der Waals surface area (Å²) in [4.78, 5) is 24.3. The van der Waals surface area contributed by atoms with Crippen molar-refractivity contribution in [2.75, 3.05) is 20.0 Å². The van der Waals surface area contributed by atoms with Crippen molar-refractivity contribution in [3.05, 3.63) is 58.7 Å². The lowest BCUT2D eigenvalue weighted by atomic mass is 9.80. The number of benzene rings is 2. The van der Waals surface area contributed by atoms with Gasteiger partial charge in [0.25, 0.3) is 9.05 Å². The average Bonchev–Trinajstić information content (AvgIpc) is 2.73. The second-order valence-electron chi connectivity index (χ2n) is 7.11. The molecule has 2 aromatic rings. The minimum Gasteiger partial charge on any atom is -0.469 e. The molecule has 0 spiro atoms. The SMILES string of the molecule is COC(=O)C(c1cc(N)cc(C(F)(F)F)c1)C(C(=O)OC)c1cc(C(F)(F)F)cc(S(=O)(=O)Cl)c1. The molecule has 2 rings (SSSR count). The fraction of sp³-hybridized carbons (Fsp3) is 0.300. The van der Waals surface area contributed by atoms with Gasteiger partial charge in [0.15, 0.2) is 0 Å². The Balaban J connectivity index is 2.94. The first-order valence-electron chi connectivity index (χ1n) is 9.20. The highest BCUT2D eigenvalue weighted by atomic mass is 35.7. The third kappa shape index (κ3) is 6.57. The van der Waals surface area contributed by atoms with E-state index in [9.17, 15) is 44.3 Å². The molecule has 0 aliphatic carbocycles. The molecule has 15 heteroatoms. The molecule has 0 bridgehead atoms. The largest absolute Gasteiger partial charge is 0.469 e. The fourth-order valence-electron chi connectivity index (χ4n) is 3.31. The summed E-state index contributed by atoms with van der Waals surface area (Å²) in [7, 11) is 2.04. The molecule has 192 valence electrons. The molecule has 2 unspecified atom stereocenters. The molecule has 2 aromatic carbocycles. The van der Waals surface area contributed by atoms with Crippen molar-refractivity contribution < 1.29 is 53.8 Å². The molecule has 0 amide bonds. The van der Waals surface area contributed by atoms with Crippen LogP contribution in [0.15, 0.2) is 41.3 Å². The number of methoxy groups -OCH3 is 2. The molecule has 0 aliphatic rings. The van der Waals surface area contributed by atoms with E-state index in [1.54, 1.807) is 0 Å². The van der Waals surface area contributed by atoms with Crippen LogP contribution in [0, 0.1) is 0 Å². The zero-order valence-corrected chi connectivity index (χ0v) is 19.3. The minimum absolute atomic E-state index is 0.190. The average molecular weight is 548 g/mol. The van der Waals surface area contributed by atoms with Gasteiger partial charge in [-0.25, -0.2) is 8.42 Å². The smallest absolute Gasteiger partial charge is 0.416 e. The first kappa shape index (κ1) is 28.2. The number of halogens is 7. The quantitative estimate of drug-likeness (QED) is 0.246. The Labute approximate surface area is 199 Å². The summed E-state index contributed by atoms with van der Waals surface area (Å²) < 4.78 is 113. The lowest BCUT2D eigenvalue weighted by Gasteiger charge is -2.26. The van der Waals surface area contributed by atoms with Crippen molar-refractivity contribution in [2.24, 2.45) is 0 Å². The van der Waals surface area contributed by atoms with Crippen LogP contribution in [0.5, 0.6) is 0 Å². The molecule has 0 saturated carbocycles. The normalized spacial score (nSPS) is 14.2. The van der Waals surface area contributed by atoms with Crippen molar-refractivity contribution in [3.8, 4) is 0 Å². The van der Waals surface area contributed by atoms with Crippen LogP contribution in [0.3, 0.4) is 0 Å². The van der Waals surface area contributed by atoms with E-state index in [4.69, 9.17) is 16.4 Å². The van der Waals surface area contributed by atoms with E-state index in [0.717, 1.165) is 20.3 Å². The Kier molecular flexibility index (Phi) is 8.01. The fourth-order valence-corrected chi connectivity index (χ4v) is 4.12. The van der Waals surface area contributed by atoms with Gasteiger partial charge >= 0.3 is 24.3 Å². The second-order valence-corrected chi connectivity index (χ2v) is 9.68. The molecule has 35 heavy (non-hydrogen) atoms. The number of esters is 2. The number of nitrogens with two attached hydrogens (primary N) is 1. The second kappa shape index (κ2) is 9.93. The van der Waals surface area contributed by atoms with Gasteiger partial charge in [0.2, 0.25) is 0 Å². The maximum Gasteiger partial charge on any atom is 0.416 e. The van der Waals surface area contributed by atoms with Gasteiger partial charge in [-0.05, 0) is 47.5 Å². The van der Waals surface area contributed by atoms with Crippen LogP contribution < -0.4 is 5.73 Å². The number of ether oxygens (including phenoxy) is 2. The number of carbonyl (C=O) groups excluding carboxylic acids is 2. The molecule has 2 atom stereocenters. The Bertz CT molecular complexity index is 1250. The Morgan fingerprint density at radius 1 is 0.800 bits per heavy atom. The maximum atomic E-state index is 13.5. The van der Waals surface area contributed by atoms with Crippen LogP contribution in [-0.2, 0) is 40.5 Å². The Morgan fingerprint density at radius 3 is 1.57 bits per heavy atom. The summed E-state index contributed by atoms with van der Waals surface area (Å²) in [5.74, 6) is -6.83. The van der Waals surface area contributed by atoms with Crippen molar-refractivity contribution in [1.29, 1.82) is 0 Å². The Hall–Kier alpha value is -3.00. The molecule has 0 aliphatic heterocycles. The topological polar surface area (TPSA) is 113 Å². The summed E-state index contributed by atoms with van der Waals surface area (Å²) in [6.07, 6.45) is -10.1. The number of nitrogen functional groups attached to an aromatic ring is 1. The zero-order chi connectivity index (χ0) is 26.9. The first-order chi connectivity index (χ1) is 15.9. The molecular weight excluding hydrogens is 532 g/mol. The van der Waals surface area contributed by atoms with E-state index in [-0.39, 0.29) is 6.07 Å². The summed E-state index contributed by atoms with van der Waals surface area (Å²) in [5.41, 5.74) is 0.877. The van der Waals surface area contributed by atoms with E-state index in [0.29, 0.717) is 24.3 Å². The highest BCUT2D eigenvalue weighted by molar-refractivity contribution is 8.13. The number of rotatable bonds is 6. The number of hydrogen-bond donors (Lipinski definition) is 1. The van der Waals surface area contributed by atoms with Crippen LogP contribution in [0.4, 0.5) is 32.0 Å². The van der Waals surface area contributed by atoms with Crippen molar-refractivity contribution in [3.63, 3.8) is 0 Å². The van der Waals surface area contributed by atoms with E-state index >= 15 is 0 Å². The lowest BCUT2D eigenvalue weighted by Crippen LogP contribution is -2.29. The summed E-state index contributed by atoms with van der Waals surface area (Å²) in [6, 6.07) is 3.00. The third-order valence-corrected chi connectivity index (χ3v) is 6.14. The van der Waals surface area contributed by atoms with Crippen LogP contribution >= 0.6 is 10.7 Å². The standard InChI is InChI=1S/C20H16ClF6NO6S/c1-33-17(29)15(9-3-11(19(22,23)24)7-13(28)5-9)16(18(30)34-2)10-4-12(20(25,26)27)8-14(6-10)35(21,31)32/h3-8,15-16H,28H2,1-2H3. The number of carbonyl (C=O) groups is 2. The van der Waals surface area contributed by atoms with Crippen LogP contribution in [0.2, 0.25) is 0 Å². The first-order valence-corrected chi connectivity index (χ1v) is 11.5. The van der Waals surface area contributed by atoms with Gasteiger partial charge < -0.3 is 15.2 Å². The van der Waals surface area contributed by atoms with E-state index in [2.05, 4.69) is 9.47 Å². The monoisotopic (exact) mass is 547 g/mol. The van der Waals surface area contributed by atoms with Gasteiger partial charge in [0, 0.05) is 16.4 Å². The highest BCUT2D eigenvalue weighted by Crippen LogP contribution is 2.42. The zero-order valence-electron chi connectivity index (χ0n) is 17.7. The molecule has 0 aromatic heterocycles. The van der Waals surface area contributed by atoms with Crippen molar-refractivity contribution in [2.45, 2.75) is 29.1 Å². The van der Waals surface area contributed by atoms with Crippen LogP contribution in [-0.4, -0.2) is 34.6 Å². The van der Waals surface area contributed by atoms with E-state index in [1.165, 1.54) is 0 Å². The molecular formula is C20H16ClF6NO6S. The van der Waals surface area contributed by atoms with Gasteiger partial charge in [0.1, 0.15) is 0 Å². The van der Waals surface area contributed by atoms with Crippen molar-refractivity contribution >= 4 is 37.4 Å². The van der Waals surface area contributed by atoms with Crippen LogP contribution in [0.1, 0.15) is 34.1 Å². The predicted molar refractivity (Wildman–Crippen MR) is 110 cm³/mol. The molecule has 0 radical (unpaired) electrons. The summed E-state index contributed by atoms with van der Waals surface area (Å²) >= 11 is 0. The molecule has 0 saturated heterocycles. The summed E-state index contributed by atoms with van der Waals surface area (Å²) in [5, 5.41) is 0. The molecule has 0 heterocycles. The van der Waals surface area contributed by atoms with Gasteiger partial charge in [-0.1, -0.05) is 0 Å². The number of alkyl halides is 6. The number of anilines is 1.